The van der Waals surface area contributed by atoms with Crippen LogP contribution in [0.3, 0.4) is 0 Å². The molecule has 0 aliphatic heterocycles. The summed E-state index contributed by atoms with van der Waals surface area (Å²) in [5.41, 5.74) is -1.35. The molecule has 2 aromatic rings. The van der Waals surface area contributed by atoms with Crippen LogP contribution in [0.15, 0.2) is 34.2 Å². The summed E-state index contributed by atoms with van der Waals surface area (Å²) in [6.07, 6.45) is -3.11. The van der Waals surface area contributed by atoms with E-state index in [1.54, 1.807) is 24.5 Å². The number of aromatic nitrogens is 2. The van der Waals surface area contributed by atoms with E-state index in [9.17, 15) is 18.0 Å². The number of alkyl halides is 3. The molecule has 0 atom stereocenters. The molecular weight excluding hydrogens is 360 g/mol. The summed E-state index contributed by atoms with van der Waals surface area (Å²) in [5, 5.41) is 0.636. The minimum atomic E-state index is -4.66. The minimum absolute atomic E-state index is 0.0223. The fourth-order valence-electron chi connectivity index (χ4n) is 1.75. The third-order valence-corrected chi connectivity index (χ3v) is 4.19. The Morgan fingerprint density at radius 3 is 2.45 bits per heavy atom. The zero-order chi connectivity index (χ0) is 16.5. The molecular formula is C13H9Cl2F3N2OS. The van der Waals surface area contributed by atoms with Gasteiger partial charge in [0.2, 0.25) is 0 Å². The first-order chi connectivity index (χ1) is 10.2. The van der Waals surface area contributed by atoms with Gasteiger partial charge in [-0.15, -0.1) is 0 Å². The molecule has 9 heteroatoms. The van der Waals surface area contributed by atoms with Crippen molar-refractivity contribution in [2.45, 2.75) is 17.9 Å². The van der Waals surface area contributed by atoms with E-state index in [4.69, 9.17) is 23.2 Å². The molecule has 22 heavy (non-hydrogen) atoms. The normalized spacial score (nSPS) is 11.7. The van der Waals surface area contributed by atoms with Crippen molar-refractivity contribution in [3.05, 3.63) is 55.9 Å². The molecule has 1 aromatic carbocycles. The molecule has 3 nitrogen and oxygen atoms in total. The number of nitrogens with zero attached hydrogens (tertiary/aromatic N) is 2. The van der Waals surface area contributed by atoms with Gasteiger partial charge in [-0.25, -0.2) is 4.98 Å². The Morgan fingerprint density at radius 2 is 1.91 bits per heavy atom. The topological polar surface area (TPSA) is 34.9 Å². The van der Waals surface area contributed by atoms with Crippen molar-refractivity contribution >= 4 is 35.0 Å². The first kappa shape index (κ1) is 17.2. The van der Waals surface area contributed by atoms with Crippen molar-refractivity contribution in [1.82, 2.24) is 9.55 Å². The van der Waals surface area contributed by atoms with Crippen molar-refractivity contribution in [3.8, 4) is 0 Å². The lowest BCUT2D eigenvalue weighted by Gasteiger charge is -2.13. The van der Waals surface area contributed by atoms with Gasteiger partial charge >= 0.3 is 6.18 Å². The second-order valence-electron chi connectivity index (χ2n) is 4.30. The SMILES string of the molecule is CSc1nc(C(F)(F)F)cc(=O)n1Cc1ccc(Cl)c(Cl)c1. The molecule has 1 heterocycles. The second kappa shape index (κ2) is 6.52. The monoisotopic (exact) mass is 368 g/mol. The largest absolute Gasteiger partial charge is 0.433 e. The highest BCUT2D eigenvalue weighted by molar-refractivity contribution is 7.98. The van der Waals surface area contributed by atoms with Gasteiger partial charge in [-0.3, -0.25) is 9.36 Å². The third-order valence-electron chi connectivity index (χ3n) is 2.77. The minimum Gasteiger partial charge on any atom is -0.283 e. The molecule has 0 N–H and O–H groups in total. The van der Waals surface area contributed by atoms with Crippen LogP contribution >= 0.6 is 35.0 Å². The smallest absolute Gasteiger partial charge is 0.283 e. The van der Waals surface area contributed by atoms with E-state index in [2.05, 4.69) is 4.98 Å². The van der Waals surface area contributed by atoms with E-state index in [0.29, 0.717) is 21.7 Å². The van der Waals surface area contributed by atoms with E-state index in [0.717, 1.165) is 16.3 Å². The van der Waals surface area contributed by atoms with Crippen LogP contribution in [-0.4, -0.2) is 15.8 Å². The molecule has 0 radical (unpaired) electrons. The van der Waals surface area contributed by atoms with Crippen molar-refractivity contribution in [2.24, 2.45) is 0 Å². The van der Waals surface area contributed by atoms with E-state index in [1.165, 1.54) is 0 Å². The summed E-state index contributed by atoms with van der Waals surface area (Å²) in [6.45, 7) is 0.0526. The summed E-state index contributed by atoms with van der Waals surface area (Å²) < 4.78 is 39.2. The van der Waals surface area contributed by atoms with E-state index in [1.807, 2.05) is 0 Å². The fraction of sp³-hybridized carbons (Fsp3) is 0.231. The lowest BCUT2D eigenvalue weighted by molar-refractivity contribution is -0.141. The van der Waals surface area contributed by atoms with Gasteiger partial charge in [-0.05, 0) is 24.0 Å². The van der Waals surface area contributed by atoms with Crippen LogP contribution in [0.2, 0.25) is 10.0 Å². The second-order valence-corrected chi connectivity index (χ2v) is 5.89. The van der Waals surface area contributed by atoms with Crippen molar-refractivity contribution in [3.63, 3.8) is 0 Å². The quantitative estimate of drug-likeness (QED) is 0.597. The fourth-order valence-corrected chi connectivity index (χ4v) is 2.64. The molecule has 118 valence electrons. The number of thioether (sulfide) groups is 1. The average molecular weight is 369 g/mol. The van der Waals surface area contributed by atoms with Crippen molar-refractivity contribution in [2.75, 3.05) is 6.26 Å². The average Bonchev–Trinajstić information content (AvgIpc) is 2.43. The van der Waals surface area contributed by atoms with E-state index in [-0.39, 0.29) is 11.7 Å². The lowest BCUT2D eigenvalue weighted by Crippen LogP contribution is -2.26. The Bertz CT molecular complexity index is 762. The molecule has 1 aromatic heterocycles. The van der Waals surface area contributed by atoms with Gasteiger partial charge in [0, 0.05) is 6.07 Å². The van der Waals surface area contributed by atoms with Crippen molar-refractivity contribution in [1.29, 1.82) is 0 Å². The Kier molecular flexibility index (Phi) is 5.09. The van der Waals surface area contributed by atoms with Crippen LogP contribution in [0.25, 0.3) is 0 Å². The summed E-state index contributed by atoms with van der Waals surface area (Å²) in [6, 6.07) is 5.23. The Hall–Kier alpha value is -1.18. The van der Waals surface area contributed by atoms with Gasteiger partial charge in [0.25, 0.3) is 5.56 Å². The maximum absolute atomic E-state index is 12.7. The van der Waals surface area contributed by atoms with Gasteiger partial charge in [0.15, 0.2) is 10.9 Å². The Morgan fingerprint density at radius 1 is 1.23 bits per heavy atom. The molecule has 0 aliphatic rings. The highest BCUT2D eigenvalue weighted by Crippen LogP contribution is 2.28. The summed E-state index contributed by atoms with van der Waals surface area (Å²) in [7, 11) is 0. The van der Waals surface area contributed by atoms with E-state index >= 15 is 0 Å². The van der Waals surface area contributed by atoms with Gasteiger partial charge in [0.05, 0.1) is 16.6 Å². The predicted octanol–water partition coefficient (Wildman–Crippen LogP) is 4.34. The molecule has 0 saturated carbocycles. The Balaban J connectivity index is 2.47. The molecule has 0 aliphatic carbocycles. The number of hydrogen-bond donors (Lipinski definition) is 0. The third kappa shape index (κ3) is 3.77. The molecule has 2 rings (SSSR count). The van der Waals surface area contributed by atoms with Gasteiger partial charge < -0.3 is 0 Å². The standard InChI is InChI=1S/C13H9Cl2F3N2OS/c1-22-12-19-10(13(16,17)18)5-11(21)20(12)6-7-2-3-8(14)9(15)4-7/h2-5H,6H2,1H3. The first-order valence-corrected chi connectivity index (χ1v) is 7.87. The number of benzene rings is 1. The lowest BCUT2D eigenvalue weighted by atomic mass is 10.2. The molecule has 0 unspecified atom stereocenters. The van der Waals surface area contributed by atoms with Crippen molar-refractivity contribution < 1.29 is 13.2 Å². The van der Waals surface area contributed by atoms with Gasteiger partial charge in [-0.1, -0.05) is 41.0 Å². The first-order valence-electron chi connectivity index (χ1n) is 5.89. The molecule has 0 amide bonds. The van der Waals surface area contributed by atoms with E-state index < -0.39 is 17.4 Å². The Labute approximate surface area is 138 Å². The number of rotatable bonds is 3. The molecule has 0 bridgehead atoms. The number of halogens is 5. The summed E-state index contributed by atoms with van der Waals surface area (Å²) in [4.78, 5) is 15.5. The summed E-state index contributed by atoms with van der Waals surface area (Å²) in [5.74, 6) is 0. The van der Waals surface area contributed by atoms with Crippen LogP contribution < -0.4 is 5.56 Å². The van der Waals surface area contributed by atoms with Crippen LogP contribution in [0.4, 0.5) is 13.2 Å². The number of hydrogen-bond acceptors (Lipinski definition) is 3. The van der Waals surface area contributed by atoms with Crippen LogP contribution in [0.5, 0.6) is 0 Å². The maximum atomic E-state index is 12.7. The van der Waals surface area contributed by atoms with Gasteiger partial charge in [-0.2, -0.15) is 13.2 Å². The maximum Gasteiger partial charge on any atom is 0.433 e. The zero-order valence-electron chi connectivity index (χ0n) is 11.1. The van der Waals surface area contributed by atoms with Crippen LogP contribution in [0, 0.1) is 0 Å². The van der Waals surface area contributed by atoms with Gasteiger partial charge in [0.1, 0.15) is 0 Å². The van der Waals surface area contributed by atoms with Crippen LogP contribution in [-0.2, 0) is 12.7 Å². The molecule has 0 spiro atoms. The highest BCUT2D eigenvalue weighted by Gasteiger charge is 2.34. The summed E-state index contributed by atoms with van der Waals surface area (Å²) >= 11 is 12.7. The molecule has 0 saturated heterocycles. The zero-order valence-corrected chi connectivity index (χ0v) is 13.4. The van der Waals surface area contributed by atoms with Crippen LogP contribution in [0.1, 0.15) is 11.3 Å². The molecule has 0 fully saturated rings. The predicted molar refractivity (Wildman–Crippen MR) is 80.8 cm³/mol. The highest BCUT2D eigenvalue weighted by atomic mass is 35.5.